The Balaban J connectivity index is 1.65. The lowest BCUT2D eigenvalue weighted by atomic mass is 9.83. The van der Waals surface area contributed by atoms with Crippen LogP contribution in [0.4, 0.5) is 8.78 Å². The summed E-state index contributed by atoms with van der Waals surface area (Å²) in [6.07, 6.45) is 13.6. The van der Waals surface area contributed by atoms with Crippen LogP contribution in [0, 0.1) is 11.6 Å². The molecule has 0 N–H and O–H groups in total. The molecule has 31 heavy (non-hydrogen) atoms. The lowest BCUT2D eigenvalue weighted by Crippen LogP contribution is -2.11. The van der Waals surface area contributed by atoms with Gasteiger partial charge >= 0.3 is 0 Å². The van der Waals surface area contributed by atoms with Crippen molar-refractivity contribution in [3.05, 3.63) is 52.6 Å². The average Bonchev–Trinajstić information content (AvgIpc) is 2.78. The molecule has 0 radical (unpaired) electrons. The Morgan fingerprint density at radius 1 is 0.677 bits per heavy atom. The SMILES string of the molecule is CCCCCCCCCc1ccc2c(c1F)CCc1c-2ccc(OCCCCC)c1F. The zero-order valence-electron chi connectivity index (χ0n) is 19.4. The lowest BCUT2D eigenvalue weighted by molar-refractivity contribution is 0.290. The van der Waals surface area contributed by atoms with E-state index in [1.807, 2.05) is 18.2 Å². The zero-order valence-corrected chi connectivity index (χ0v) is 19.4. The van der Waals surface area contributed by atoms with Crippen LogP contribution in [0.3, 0.4) is 0 Å². The van der Waals surface area contributed by atoms with Crippen LogP contribution in [-0.2, 0) is 19.3 Å². The number of rotatable bonds is 13. The molecule has 0 bridgehead atoms. The van der Waals surface area contributed by atoms with Gasteiger partial charge in [-0.15, -0.1) is 0 Å². The van der Waals surface area contributed by atoms with Gasteiger partial charge < -0.3 is 4.74 Å². The summed E-state index contributed by atoms with van der Waals surface area (Å²) in [4.78, 5) is 0. The number of ether oxygens (including phenoxy) is 1. The highest BCUT2D eigenvalue weighted by Gasteiger charge is 2.25. The van der Waals surface area contributed by atoms with Crippen molar-refractivity contribution >= 4 is 0 Å². The number of benzene rings is 2. The molecule has 0 spiro atoms. The summed E-state index contributed by atoms with van der Waals surface area (Å²) in [5.74, 6) is -0.0176. The van der Waals surface area contributed by atoms with E-state index in [0.717, 1.165) is 60.8 Å². The highest BCUT2D eigenvalue weighted by molar-refractivity contribution is 5.74. The zero-order chi connectivity index (χ0) is 22.1. The van der Waals surface area contributed by atoms with Crippen molar-refractivity contribution in [1.82, 2.24) is 0 Å². The van der Waals surface area contributed by atoms with Crippen molar-refractivity contribution in [3.8, 4) is 16.9 Å². The molecule has 0 unspecified atom stereocenters. The molecule has 0 fully saturated rings. The second-order valence-electron chi connectivity index (χ2n) is 8.90. The molecule has 1 nitrogen and oxygen atoms in total. The fraction of sp³-hybridized carbons (Fsp3) is 0.571. The van der Waals surface area contributed by atoms with Crippen LogP contribution in [0.5, 0.6) is 5.75 Å². The number of hydrogen-bond acceptors (Lipinski definition) is 1. The van der Waals surface area contributed by atoms with E-state index in [9.17, 15) is 0 Å². The van der Waals surface area contributed by atoms with Gasteiger partial charge in [-0.25, -0.2) is 8.78 Å². The summed E-state index contributed by atoms with van der Waals surface area (Å²) in [5, 5.41) is 0. The molecule has 0 saturated carbocycles. The Hall–Kier alpha value is -1.90. The first-order chi connectivity index (χ1) is 15.2. The Bertz CT molecular complexity index is 843. The van der Waals surface area contributed by atoms with E-state index in [1.165, 1.54) is 32.1 Å². The molecule has 0 amide bonds. The van der Waals surface area contributed by atoms with Gasteiger partial charge in [0.05, 0.1) is 6.61 Å². The van der Waals surface area contributed by atoms with Crippen LogP contribution in [0.1, 0.15) is 94.7 Å². The number of hydrogen-bond donors (Lipinski definition) is 0. The molecule has 170 valence electrons. The van der Waals surface area contributed by atoms with Crippen molar-refractivity contribution < 1.29 is 13.5 Å². The molecule has 0 atom stereocenters. The molecule has 0 aliphatic heterocycles. The maximum Gasteiger partial charge on any atom is 0.168 e. The monoisotopic (exact) mass is 428 g/mol. The van der Waals surface area contributed by atoms with Crippen LogP contribution >= 0.6 is 0 Å². The van der Waals surface area contributed by atoms with E-state index in [0.29, 0.717) is 30.8 Å². The maximum atomic E-state index is 15.2. The second-order valence-corrected chi connectivity index (χ2v) is 8.90. The van der Waals surface area contributed by atoms with Crippen molar-refractivity contribution in [1.29, 1.82) is 0 Å². The third-order valence-corrected chi connectivity index (χ3v) is 6.50. The average molecular weight is 429 g/mol. The second kappa shape index (κ2) is 12.2. The van der Waals surface area contributed by atoms with Crippen LogP contribution in [0.25, 0.3) is 11.1 Å². The quantitative estimate of drug-likeness (QED) is 0.290. The van der Waals surface area contributed by atoms with E-state index < -0.39 is 0 Å². The highest BCUT2D eigenvalue weighted by atomic mass is 19.1. The summed E-state index contributed by atoms with van der Waals surface area (Å²) in [7, 11) is 0. The van der Waals surface area contributed by atoms with Gasteiger partial charge in [-0.1, -0.05) is 83.4 Å². The molecule has 1 aliphatic carbocycles. The van der Waals surface area contributed by atoms with E-state index in [2.05, 4.69) is 13.8 Å². The molecular formula is C28H38F2O. The van der Waals surface area contributed by atoms with Gasteiger partial charge in [0.25, 0.3) is 0 Å². The van der Waals surface area contributed by atoms with Crippen molar-refractivity contribution in [2.75, 3.05) is 6.61 Å². The van der Waals surface area contributed by atoms with E-state index in [4.69, 9.17) is 4.74 Å². The van der Waals surface area contributed by atoms with Crippen LogP contribution in [0.2, 0.25) is 0 Å². The van der Waals surface area contributed by atoms with E-state index >= 15 is 8.78 Å². The third kappa shape index (κ3) is 6.08. The van der Waals surface area contributed by atoms with Gasteiger partial charge in [0, 0.05) is 0 Å². The Morgan fingerprint density at radius 2 is 1.26 bits per heavy atom. The predicted octanol–water partition coefficient (Wildman–Crippen LogP) is 8.59. The fourth-order valence-electron chi connectivity index (χ4n) is 4.62. The minimum Gasteiger partial charge on any atom is -0.491 e. The van der Waals surface area contributed by atoms with Gasteiger partial charge in [-0.05, 0) is 66.0 Å². The molecule has 2 aromatic rings. The highest BCUT2D eigenvalue weighted by Crippen LogP contribution is 2.39. The topological polar surface area (TPSA) is 9.23 Å². The summed E-state index contributed by atoms with van der Waals surface area (Å²) < 4.78 is 35.9. The molecule has 0 aromatic heterocycles. The Morgan fingerprint density at radius 3 is 1.97 bits per heavy atom. The van der Waals surface area contributed by atoms with E-state index in [1.54, 1.807) is 6.07 Å². The molecule has 3 rings (SSSR count). The summed E-state index contributed by atoms with van der Waals surface area (Å²) in [5.41, 5.74) is 3.90. The van der Waals surface area contributed by atoms with Gasteiger partial charge in [0.15, 0.2) is 11.6 Å². The molecule has 2 aromatic carbocycles. The van der Waals surface area contributed by atoms with Gasteiger partial charge in [-0.2, -0.15) is 0 Å². The van der Waals surface area contributed by atoms with Crippen LogP contribution < -0.4 is 4.74 Å². The predicted molar refractivity (Wildman–Crippen MR) is 126 cm³/mol. The molecule has 0 heterocycles. The summed E-state index contributed by atoms with van der Waals surface area (Å²) in [6, 6.07) is 7.52. The first-order valence-corrected chi connectivity index (χ1v) is 12.4. The lowest BCUT2D eigenvalue weighted by Gasteiger charge is -2.23. The molecule has 0 saturated heterocycles. The van der Waals surface area contributed by atoms with Crippen molar-refractivity contribution in [2.24, 2.45) is 0 Å². The minimum absolute atomic E-state index is 0.0746. The summed E-state index contributed by atoms with van der Waals surface area (Å²) in [6.45, 7) is 4.90. The van der Waals surface area contributed by atoms with Gasteiger partial charge in [0.2, 0.25) is 0 Å². The third-order valence-electron chi connectivity index (χ3n) is 6.50. The number of unbranched alkanes of at least 4 members (excludes halogenated alkanes) is 8. The first-order valence-electron chi connectivity index (χ1n) is 12.4. The first kappa shape index (κ1) is 23.8. The maximum absolute atomic E-state index is 15.2. The molecular weight excluding hydrogens is 390 g/mol. The fourth-order valence-corrected chi connectivity index (χ4v) is 4.62. The van der Waals surface area contributed by atoms with Crippen LogP contribution in [0.15, 0.2) is 24.3 Å². The normalized spacial score (nSPS) is 12.5. The van der Waals surface area contributed by atoms with Gasteiger partial charge in [0.1, 0.15) is 5.82 Å². The standard InChI is InChI=1S/C28H38F2O/c1-3-5-7-8-9-10-11-13-21-14-15-22-23-18-19-26(31-20-12-6-4-2)28(30)25(23)17-16-24(22)27(21)29/h14-15,18-19H,3-13,16-17,20H2,1-2H3. The number of aryl methyl sites for hydroxylation is 1. The van der Waals surface area contributed by atoms with E-state index in [-0.39, 0.29) is 11.6 Å². The minimum atomic E-state index is -0.271. The van der Waals surface area contributed by atoms with Gasteiger partial charge in [-0.3, -0.25) is 0 Å². The van der Waals surface area contributed by atoms with Crippen LogP contribution in [-0.4, -0.2) is 6.61 Å². The molecule has 1 aliphatic rings. The Kier molecular flexibility index (Phi) is 9.36. The number of fused-ring (bicyclic) bond motifs is 3. The van der Waals surface area contributed by atoms with Crippen molar-refractivity contribution in [3.63, 3.8) is 0 Å². The smallest absolute Gasteiger partial charge is 0.168 e. The largest absolute Gasteiger partial charge is 0.491 e. The number of halogens is 2. The molecule has 3 heteroatoms. The summed E-state index contributed by atoms with van der Waals surface area (Å²) >= 11 is 0. The Labute approximate surface area is 187 Å². The van der Waals surface area contributed by atoms with Crippen molar-refractivity contribution in [2.45, 2.75) is 97.3 Å².